The Morgan fingerprint density at radius 2 is 0.900 bits per heavy atom. The van der Waals surface area contributed by atoms with Gasteiger partial charge >= 0.3 is 0 Å². The van der Waals surface area contributed by atoms with Gasteiger partial charge in [0.2, 0.25) is 0 Å². The molecule has 0 N–H and O–H groups in total. The molecule has 1 aromatic heterocycles. The van der Waals surface area contributed by atoms with E-state index in [2.05, 4.69) is 193 Å². The van der Waals surface area contributed by atoms with Gasteiger partial charge in [-0.25, -0.2) is 0 Å². The first-order valence-electron chi connectivity index (χ1n) is 17.1. The van der Waals surface area contributed by atoms with E-state index in [1.165, 1.54) is 80.4 Å². The van der Waals surface area contributed by atoms with Crippen LogP contribution in [0.25, 0.3) is 74.7 Å². The zero-order chi connectivity index (χ0) is 33.0. The topological polar surface area (TPSA) is 3.24 Å². The van der Waals surface area contributed by atoms with Crippen molar-refractivity contribution in [3.8, 4) is 22.3 Å². The Hall–Kier alpha value is -6.22. The van der Waals surface area contributed by atoms with Gasteiger partial charge in [0.15, 0.2) is 0 Å². The van der Waals surface area contributed by atoms with Gasteiger partial charge in [-0.15, -0.1) is 11.3 Å². The lowest BCUT2D eigenvalue weighted by Gasteiger charge is -2.27. The third-order valence-electron chi connectivity index (χ3n) is 10.0. The maximum absolute atomic E-state index is 2.46. The van der Waals surface area contributed by atoms with Gasteiger partial charge in [-0.1, -0.05) is 158 Å². The average molecular weight is 654 g/mol. The van der Waals surface area contributed by atoms with E-state index < -0.39 is 0 Å². The Bertz CT molecular complexity index is 2850. The second kappa shape index (κ2) is 11.7. The minimum atomic E-state index is 1.13. The number of anilines is 3. The molecule has 0 radical (unpaired) electrons. The summed E-state index contributed by atoms with van der Waals surface area (Å²) in [5.74, 6) is 0. The van der Waals surface area contributed by atoms with Crippen LogP contribution in [0.4, 0.5) is 17.1 Å². The molecule has 50 heavy (non-hydrogen) atoms. The molecule has 0 atom stereocenters. The number of rotatable bonds is 5. The van der Waals surface area contributed by atoms with Crippen molar-refractivity contribution in [1.82, 2.24) is 0 Å². The monoisotopic (exact) mass is 653 g/mol. The molecule has 234 valence electrons. The first kappa shape index (κ1) is 28.8. The molecule has 10 aromatic rings. The highest BCUT2D eigenvalue weighted by atomic mass is 32.1. The van der Waals surface area contributed by atoms with Crippen LogP contribution in [0, 0.1) is 0 Å². The van der Waals surface area contributed by atoms with Crippen LogP contribution in [-0.4, -0.2) is 0 Å². The zero-order valence-corrected chi connectivity index (χ0v) is 28.1. The summed E-state index contributed by atoms with van der Waals surface area (Å²) in [5, 5.41) is 10.3. The normalized spacial score (nSPS) is 11.6. The predicted octanol–water partition coefficient (Wildman–Crippen LogP) is 14.3. The van der Waals surface area contributed by atoms with Gasteiger partial charge in [-0.3, -0.25) is 0 Å². The molecule has 0 unspecified atom stereocenters. The molecule has 0 amide bonds. The summed E-state index contributed by atoms with van der Waals surface area (Å²) < 4.78 is 2.61. The Morgan fingerprint density at radius 1 is 0.340 bits per heavy atom. The molecule has 0 saturated carbocycles. The van der Waals surface area contributed by atoms with Gasteiger partial charge in [-0.2, -0.15) is 0 Å². The van der Waals surface area contributed by atoms with Gasteiger partial charge in [0.05, 0.1) is 10.4 Å². The molecule has 0 fully saturated rings. The minimum Gasteiger partial charge on any atom is -0.309 e. The van der Waals surface area contributed by atoms with Crippen LogP contribution in [-0.2, 0) is 0 Å². The molecule has 0 spiro atoms. The van der Waals surface area contributed by atoms with E-state index in [1.54, 1.807) is 0 Å². The summed E-state index contributed by atoms with van der Waals surface area (Å²) in [6.45, 7) is 0. The van der Waals surface area contributed by atoms with Crippen LogP contribution < -0.4 is 4.90 Å². The van der Waals surface area contributed by atoms with Crippen LogP contribution in [0.1, 0.15) is 0 Å². The summed E-state index contributed by atoms with van der Waals surface area (Å²) in [5.41, 5.74) is 8.35. The quantitative estimate of drug-likeness (QED) is 0.167. The average Bonchev–Trinajstić information content (AvgIpc) is 3.61. The number of hydrogen-bond acceptors (Lipinski definition) is 2. The highest BCUT2D eigenvalue weighted by molar-refractivity contribution is 7.27. The maximum Gasteiger partial charge on any atom is 0.0640 e. The predicted molar refractivity (Wildman–Crippen MR) is 217 cm³/mol. The Labute approximate surface area is 294 Å². The fraction of sp³-hybridized carbons (Fsp3) is 0. The minimum absolute atomic E-state index is 1.13. The lowest BCUT2D eigenvalue weighted by atomic mass is 9.93. The van der Waals surface area contributed by atoms with Crippen molar-refractivity contribution in [2.75, 3.05) is 4.90 Å². The first-order chi connectivity index (χ1) is 24.8. The van der Waals surface area contributed by atoms with Crippen LogP contribution >= 0.6 is 11.3 Å². The molecule has 10 rings (SSSR count). The van der Waals surface area contributed by atoms with Gasteiger partial charge in [0.1, 0.15) is 0 Å². The highest BCUT2D eigenvalue weighted by Gasteiger charge is 2.23. The van der Waals surface area contributed by atoms with Gasteiger partial charge in [0, 0.05) is 32.2 Å². The second-order valence-corrected chi connectivity index (χ2v) is 13.9. The molecule has 1 heterocycles. The Balaban J connectivity index is 1.32. The van der Waals surface area contributed by atoms with Crippen LogP contribution in [0.3, 0.4) is 0 Å². The largest absolute Gasteiger partial charge is 0.309 e. The summed E-state index contributed by atoms with van der Waals surface area (Å²) >= 11 is 1.92. The van der Waals surface area contributed by atoms with E-state index in [1.807, 2.05) is 11.3 Å². The number of thiophene rings is 1. The summed E-state index contributed by atoms with van der Waals surface area (Å²) in [4.78, 5) is 2.46. The Morgan fingerprint density at radius 3 is 1.64 bits per heavy atom. The third kappa shape index (κ3) is 4.61. The van der Waals surface area contributed by atoms with E-state index in [-0.39, 0.29) is 0 Å². The van der Waals surface area contributed by atoms with Crippen LogP contribution in [0.2, 0.25) is 0 Å². The van der Waals surface area contributed by atoms with Crippen molar-refractivity contribution in [3.63, 3.8) is 0 Å². The molecule has 0 aliphatic heterocycles. The van der Waals surface area contributed by atoms with Crippen molar-refractivity contribution >= 4 is 80.9 Å². The summed E-state index contributed by atoms with van der Waals surface area (Å²) in [7, 11) is 0. The smallest absolute Gasteiger partial charge is 0.0640 e. The molecule has 0 saturated heterocycles. The fourth-order valence-electron chi connectivity index (χ4n) is 7.70. The Kier molecular flexibility index (Phi) is 6.75. The van der Waals surface area contributed by atoms with Crippen molar-refractivity contribution in [1.29, 1.82) is 0 Å². The number of benzene rings is 9. The van der Waals surface area contributed by atoms with Crippen molar-refractivity contribution < 1.29 is 0 Å². The van der Waals surface area contributed by atoms with Crippen LogP contribution in [0.15, 0.2) is 188 Å². The number of nitrogens with zero attached hydrogens (tertiary/aromatic N) is 1. The summed E-state index contributed by atoms with van der Waals surface area (Å²) in [6, 6.07) is 68.5. The fourth-order valence-corrected chi connectivity index (χ4v) is 9.08. The van der Waals surface area contributed by atoms with E-state index in [0.29, 0.717) is 0 Å². The van der Waals surface area contributed by atoms with Gasteiger partial charge in [-0.05, 0) is 79.5 Å². The van der Waals surface area contributed by atoms with E-state index >= 15 is 0 Å². The van der Waals surface area contributed by atoms with Crippen LogP contribution in [0.5, 0.6) is 0 Å². The lowest BCUT2D eigenvalue weighted by molar-refractivity contribution is 1.31. The van der Waals surface area contributed by atoms with Crippen molar-refractivity contribution in [3.05, 3.63) is 188 Å². The lowest BCUT2D eigenvalue weighted by Crippen LogP contribution is -2.10. The molecular formula is C48H31NS. The van der Waals surface area contributed by atoms with Crippen molar-refractivity contribution in [2.45, 2.75) is 0 Å². The molecule has 2 heteroatoms. The summed E-state index contributed by atoms with van der Waals surface area (Å²) in [6.07, 6.45) is 0. The molecule has 0 bridgehead atoms. The third-order valence-corrected chi connectivity index (χ3v) is 11.3. The maximum atomic E-state index is 2.46. The van der Waals surface area contributed by atoms with Crippen molar-refractivity contribution in [2.24, 2.45) is 0 Å². The molecule has 1 nitrogen and oxygen atoms in total. The van der Waals surface area contributed by atoms with E-state index in [9.17, 15) is 0 Å². The van der Waals surface area contributed by atoms with Gasteiger partial charge in [0.25, 0.3) is 0 Å². The molecule has 0 aliphatic rings. The second-order valence-electron chi connectivity index (χ2n) is 12.9. The SMILES string of the molecule is c1ccc(-c2ccc(N(c3ccc4ccccc4c3)c3ccc(-c4ccccc4)c4c3sc3c5ccccc5c5ccccc5c34)cc2)cc1. The molecular weight excluding hydrogens is 623 g/mol. The number of hydrogen-bond donors (Lipinski definition) is 0. The van der Waals surface area contributed by atoms with E-state index in [4.69, 9.17) is 0 Å². The molecule has 9 aromatic carbocycles. The molecule has 0 aliphatic carbocycles. The van der Waals surface area contributed by atoms with Gasteiger partial charge < -0.3 is 4.90 Å². The van der Waals surface area contributed by atoms with E-state index in [0.717, 1.165) is 11.4 Å². The first-order valence-corrected chi connectivity index (χ1v) is 17.9. The number of fused-ring (bicyclic) bond motifs is 9. The highest BCUT2D eigenvalue weighted by Crippen LogP contribution is 2.52. The standard InChI is InChI=1S/C48H31NS/c1-3-13-32(14-4-1)34-23-26-37(27-24-34)49(38-28-25-33-15-7-8-18-36(33)31-38)44-30-29-39(35-16-5-2-6-17-35)45-46-42-21-11-9-19-40(42)41-20-10-12-22-43(41)47(46)50-48(44)45/h1-31H. The zero-order valence-electron chi connectivity index (χ0n) is 27.3.